The molecule has 3 aromatic rings. The van der Waals surface area contributed by atoms with Gasteiger partial charge in [0.05, 0.1) is 13.2 Å². The van der Waals surface area contributed by atoms with Gasteiger partial charge in [0, 0.05) is 11.6 Å². The number of rotatable bonds is 10. The first-order valence-corrected chi connectivity index (χ1v) is 13.1. The Hall–Kier alpha value is -2.95. The van der Waals surface area contributed by atoms with Crippen LogP contribution >= 0.6 is 0 Å². The highest BCUT2D eigenvalue weighted by Crippen LogP contribution is 2.38. The first kappa shape index (κ1) is 26.1. The summed E-state index contributed by atoms with van der Waals surface area (Å²) in [5, 5.41) is 0. The highest BCUT2D eigenvalue weighted by molar-refractivity contribution is 5.65. The summed E-state index contributed by atoms with van der Waals surface area (Å²) in [5.74, 6) is -1.17. The summed E-state index contributed by atoms with van der Waals surface area (Å²) in [4.78, 5) is 0. The van der Waals surface area contributed by atoms with Crippen LogP contribution in [0.2, 0.25) is 0 Å². The maximum atomic E-state index is 14.8. The third kappa shape index (κ3) is 6.43. The van der Waals surface area contributed by atoms with Crippen molar-refractivity contribution in [1.82, 2.24) is 0 Å². The summed E-state index contributed by atoms with van der Waals surface area (Å²) in [7, 11) is 0. The van der Waals surface area contributed by atoms with Crippen LogP contribution in [0.3, 0.4) is 0 Å². The molecule has 0 aromatic heterocycles. The summed E-state index contributed by atoms with van der Waals surface area (Å²) >= 11 is 0. The average Bonchev–Trinajstić information content (AvgIpc) is 2.89. The molecule has 0 radical (unpaired) electrons. The van der Waals surface area contributed by atoms with Crippen LogP contribution in [0.4, 0.5) is 13.2 Å². The zero-order valence-electron chi connectivity index (χ0n) is 21.2. The molecule has 1 saturated carbocycles. The number of hydrogen-bond acceptors (Lipinski definition) is 2. The summed E-state index contributed by atoms with van der Waals surface area (Å²) in [6.45, 7) is 5.01. The van der Waals surface area contributed by atoms with E-state index in [2.05, 4.69) is 6.92 Å². The number of hydrogen-bond donors (Lipinski definition) is 0. The molecule has 0 heterocycles. The lowest BCUT2D eigenvalue weighted by atomic mass is 9.79. The second-order valence-corrected chi connectivity index (χ2v) is 9.87. The van der Waals surface area contributed by atoms with Crippen molar-refractivity contribution in [2.45, 2.75) is 64.7 Å². The Balaban J connectivity index is 1.29. The van der Waals surface area contributed by atoms with E-state index in [9.17, 15) is 13.2 Å². The molecule has 0 bridgehead atoms. The molecule has 0 unspecified atom stereocenters. The molecule has 0 N–H and O–H groups in total. The number of ether oxygens (including phenoxy) is 2. The van der Waals surface area contributed by atoms with Gasteiger partial charge in [-0.15, -0.1) is 0 Å². The van der Waals surface area contributed by atoms with Crippen molar-refractivity contribution in [3.63, 3.8) is 0 Å². The van der Waals surface area contributed by atoms with Gasteiger partial charge in [-0.3, -0.25) is 0 Å². The first-order valence-electron chi connectivity index (χ1n) is 13.1. The van der Waals surface area contributed by atoms with Crippen molar-refractivity contribution in [2.24, 2.45) is 5.92 Å². The number of halogens is 3. The van der Waals surface area contributed by atoms with E-state index in [1.165, 1.54) is 12.1 Å². The molecule has 0 aliphatic heterocycles. The van der Waals surface area contributed by atoms with Crippen LogP contribution in [0.25, 0.3) is 11.1 Å². The van der Waals surface area contributed by atoms with Gasteiger partial charge in [-0.05, 0) is 80.2 Å². The molecule has 3 aromatic carbocycles. The SMILES string of the molecule is CCCCCOc1ccc(C2CCC(COc3ccc(-c4ccc(C)cc4)c(F)c3F)CC2)c(F)c1. The lowest BCUT2D eigenvalue weighted by Crippen LogP contribution is -2.20. The van der Waals surface area contributed by atoms with Crippen LogP contribution in [0.5, 0.6) is 11.5 Å². The van der Waals surface area contributed by atoms with Gasteiger partial charge in [-0.2, -0.15) is 4.39 Å². The normalized spacial score (nSPS) is 17.7. The minimum Gasteiger partial charge on any atom is -0.493 e. The highest BCUT2D eigenvalue weighted by atomic mass is 19.2. The molecule has 192 valence electrons. The van der Waals surface area contributed by atoms with Gasteiger partial charge in [0.1, 0.15) is 11.6 Å². The van der Waals surface area contributed by atoms with E-state index in [1.807, 2.05) is 31.2 Å². The largest absolute Gasteiger partial charge is 0.493 e. The molecular weight excluding hydrogens is 461 g/mol. The molecular formula is C31H35F3O2. The Morgan fingerprint density at radius 1 is 0.806 bits per heavy atom. The van der Waals surface area contributed by atoms with Gasteiger partial charge in [0.25, 0.3) is 0 Å². The molecule has 0 saturated heterocycles. The van der Waals surface area contributed by atoms with Crippen LogP contribution < -0.4 is 9.47 Å². The Morgan fingerprint density at radius 3 is 2.25 bits per heavy atom. The van der Waals surface area contributed by atoms with Gasteiger partial charge in [0.2, 0.25) is 5.82 Å². The van der Waals surface area contributed by atoms with E-state index in [-0.39, 0.29) is 29.0 Å². The Bertz CT molecular complexity index is 1140. The van der Waals surface area contributed by atoms with Gasteiger partial charge in [-0.25, -0.2) is 8.78 Å². The van der Waals surface area contributed by atoms with Gasteiger partial charge < -0.3 is 9.47 Å². The average molecular weight is 497 g/mol. The molecule has 5 heteroatoms. The second-order valence-electron chi connectivity index (χ2n) is 9.87. The van der Waals surface area contributed by atoms with Crippen LogP contribution in [-0.4, -0.2) is 13.2 Å². The minimum absolute atomic E-state index is 0.0638. The van der Waals surface area contributed by atoms with Crippen molar-refractivity contribution in [2.75, 3.05) is 13.2 Å². The van der Waals surface area contributed by atoms with Crippen molar-refractivity contribution in [1.29, 1.82) is 0 Å². The summed E-state index contributed by atoms with van der Waals surface area (Å²) in [6.07, 6.45) is 6.58. The predicted octanol–water partition coefficient (Wildman–Crippen LogP) is 9.00. The number of aryl methyl sites for hydroxylation is 1. The smallest absolute Gasteiger partial charge is 0.201 e. The van der Waals surface area contributed by atoms with Gasteiger partial charge in [-0.1, -0.05) is 55.7 Å². The molecule has 4 rings (SSSR count). The Morgan fingerprint density at radius 2 is 1.56 bits per heavy atom. The van der Waals surface area contributed by atoms with Crippen molar-refractivity contribution in [3.8, 4) is 22.6 Å². The molecule has 36 heavy (non-hydrogen) atoms. The summed E-state index contributed by atoms with van der Waals surface area (Å²) < 4.78 is 55.5. The van der Waals surface area contributed by atoms with Gasteiger partial charge >= 0.3 is 0 Å². The van der Waals surface area contributed by atoms with Crippen molar-refractivity contribution < 1.29 is 22.6 Å². The predicted molar refractivity (Wildman–Crippen MR) is 138 cm³/mol. The summed E-state index contributed by atoms with van der Waals surface area (Å²) in [5.41, 5.74) is 2.64. The lowest BCUT2D eigenvalue weighted by molar-refractivity contribution is 0.192. The fourth-order valence-electron chi connectivity index (χ4n) is 4.92. The molecule has 0 amide bonds. The fraction of sp³-hybridized carbons (Fsp3) is 0.419. The topological polar surface area (TPSA) is 18.5 Å². The van der Waals surface area contributed by atoms with E-state index >= 15 is 0 Å². The zero-order chi connectivity index (χ0) is 25.5. The van der Waals surface area contributed by atoms with Crippen molar-refractivity contribution in [3.05, 3.63) is 83.2 Å². The third-order valence-electron chi connectivity index (χ3n) is 7.16. The standard InChI is InChI=1S/C31H35F3O2/c1-3-4-5-18-35-25-14-15-26(28(32)19-25)23-12-8-22(9-13-23)20-36-29-17-16-27(30(33)31(29)34)24-10-6-21(2)7-11-24/h6-7,10-11,14-17,19,22-23H,3-5,8-9,12-13,18,20H2,1-2H3. The maximum absolute atomic E-state index is 14.8. The molecule has 0 spiro atoms. The van der Waals surface area contributed by atoms with Crippen molar-refractivity contribution >= 4 is 0 Å². The maximum Gasteiger partial charge on any atom is 0.201 e. The van der Waals surface area contributed by atoms with E-state index < -0.39 is 11.6 Å². The van der Waals surface area contributed by atoms with Crippen LogP contribution in [0.1, 0.15) is 68.9 Å². The highest BCUT2D eigenvalue weighted by Gasteiger charge is 2.26. The minimum atomic E-state index is -0.958. The first-order chi connectivity index (χ1) is 17.5. The molecule has 1 fully saturated rings. The van der Waals surface area contributed by atoms with E-state index in [1.54, 1.807) is 18.2 Å². The zero-order valence-corrected chi connectivity index (χ0v) is 21.2. The Kier molecular flexibility index (Phi) is 8.95. The van der Waals surface area contributed by atoms with E-state index in [4.69, 9.17) is 9.47 Å². The van der Waals surface area contributed by atoms with E-state index in [0.29, 0.717) is 24.5 Å². The number of unbranched alkanes of at least 4 members (excludes halogenated alkanes) is 2. The van der Waals surface area contributed by atoms with Crippen LogP contribution in [-0.2, 0) is 0 Å². The van der Waals surface area contributed by atoms with Gasteiger partial charge in [0.15, 0.2) is 11.6 Å². The van der Waals surface area contributed by atoms with E-state index in [0.717, 1.165) is 56.1 Å². The number of benzene rings is 3. The molecule has 0 atom stereocenters. The molecule has 1 aliphatic rings. The van der Waals surface area contributed by atoms with Crippen LogP contribution in [0, 0.1) is 30.3 Å². The third-order valence-corrected chi connectivity index (χ3v) is 7.16. The molecule has 2 nitrogen and oxygen atoms in total. The quantitative estimate of drug-likeness (QED) is 0.261. The summed E-state index contributed by atoms with van der Waals surface area (Å²) in [6, 6.07) is 15.6. The molecule has 1 aliphatic carbocycles. The second kappa shape index (κ2) is 12.3. The fourth-order valence-corrected chi connectivity index (χ4v) is 4.92. The monoisotopic (exact) mass is 496 g/mol. The Labute approximate surface area is 212 Å². The lowest BCUT2D eigenvalue weighted by Gasteiger charge is -2.29. The van der Waals surface area contributed by atoms with Crippen LogP contribution in [0.15, 0.2) is 54.6 Å².